The van der Waals surface area contributed by atoms with Crippen LogP contribution in [0.25, 0.3) is 21.7 Å². The van der Waals surface area contributed by atoms with Crippen LogP contribution in [0.15, 0.2) is 75.9 Å². The lowest BCUT2D eigenvalue weighted by molar-refractivity contribution is -0.118. The smallest absolute Gasteiger partial charge is 0.344 e. The van der Waals surface area contributed by atoms with E-state index in [1.165, 1.54) is 6.07 Å². The van der Waals surface area contributed by atoms with Crippen LogP contribution in [-0.4, -0.2) is 49.6 Å². The number of esters is 1. The van der Waals surface area contributed by atoms with Gasteiger partial charge in [-0.1, -0.05) is 24.3 Å². The average Bonchev–Trinajstić information content (AvgIpc) is 2.85. The van der Waals surface area contributed by atoms with E-state index in [-0.39, 0.29) is 18.2 Å². The minimum atomic E-state index is -0.543. The van der Waals surface area contributed by atoms with Crippen molar-refractivity contribution in [2.75, 3.05) is 38.2 Å². The largest absolute Gasteiger partial charge is 0.423 e. The third-order valence-corrected chi connectivity index (χ3v) is 5.66. The normalized spacial score (nSPS) is 14.2. The number of carbonyl (C=O) groups excluding carboxylic acids is 2. The van der Waals surface area contributed by atoms with Gasteiger partial charge in [0.25, 0.3) is 0 Å². The van der Waals surface area contributed by atoms with E-state index in [0.717, 1.165) is 0 Å². The lowest BCUT2D eigenvalue weighted by Crippen LogP contribution is -2.41. The lowest BCUT2D eigenvalue weighted by Gasteiger charge is -2.25. The first-order valence-corrected chi connectivity index (χ1v) is 10.9. The van der Waals surface area contributed by atoms with Crippen molar-refractivity contribution in [2.24, 2.45) is 0 Å². The van der Waals surface area contributed by atoms with Crippen molar-refractivity contribution in [1.29, 1.82) is 0 Å². The zero-order valence-corrected chi connectivity index (χ0v) is 18.3. The molecule has 1 N–H and O–H groups in total. The summed E-state index contributed by atoms with van der Waals surface area (Å²) in [5.74, 6) is -0.382. The number of benzene rings is 3. The molecule has 0 unspecified atom stereocenters. The molecule has 1 aromatic heterocycles. The maximum absolute atomic E-state index is 12.7. The molecule has 1 saturated heterocycles. The van der Waals surface area contributed by atoms with Crippen LogP contribution in [0.3, 0.4) is 0 Å². The third-order valence-electron chi connectivity index (χ3n) is 5.66. The van der Waals surface area contributed by atoms with Crippen molar-refractivity contribution in [2.45, 2.75) is 0 Å². The zero-order chi connectivity index (χ0) is 23.5. The van der Waals surface area contributed by atoms with Gasteiger partial charge in [0, 0.05) is 35.6 Å². The number of amides is 1. The first kappa shape index (κ1) is 21.8. The number of carbonyl (C=O) groups is 2. The fraction of sp³-hybridized carbons (Fsp3) is 0.192. The summed E-state index contributed by atoms with van der Waals surface area (Å²) in [7, 11) is 0. The molecule has 0 spiro atoms. The molecule has 5 rings (SSSR count). The predicted octanol–water partition coefficient (Wildman–Crippen LogP) is 3.44. The summed E-state index contributed by atoms with van der Waals surface area (Å²) in [6.07, 6.45) is 0. The van der Waals surface area contributed by atoms with Gasteiger partial charge in [0.15, 0.2) is 0 Å². The number of fused-ring (bicyclic) bond motifs is 3. The number of ether oxygens (including phenoxy) is 2. The molecule has 4 aromatic rings. The molecule has 0 saturated carbocycles. The Morgan fingerprint density at radius 3 is 2.47 bits per heavy atom. The van der Waals surface area contributed by atoms with Gasteiger partial charge in [-0.3, -0.25) is 9.69 Å². The van der Waals surface area contributed by atoms with Gasteiger partial charge in [-0.05, 0) is 36.4 Å². The molecule has 3 aromatic carbocycles. The van der Waals surface area contributed by atoms with Crippen molar-refractivity contribution >= 4 is 39.3 Å². The molecule has 8 heteroatoms. The number of nitrogens with one attached hydrogen (secondary N) is 1. The molecule has 1 fully saturated rings. The molecule has 1 aliphatic rings. The fourth-order valence-corrected chi connectivity index (χ4v) is 3.96. The fourth-order valence-electron chi connectivity index (χ4n) is 3.96. The van der Waals surface area contributed by atoms with Gasteiger partial charge in [-0.15, -0.1) is 0 Å². The van der Waals surface area contributed by atoms with E-state index in [1.54, 1.807) is 54.6 Å². The third kappa shape index (κ3) is 4.68. The Kier molecular flexibility index (Phi) is 6.07. The van der Waals surface area contributed by atoms with Crippen LogP contribution in [0.2, 0.25) is 0 Å². The highest BCUT2D eigenvalue weighted by Crippen LogP contribution is 2.28. The summed E-state index contributed by atoms with van der Waals surface area (Å²) in [5, 5.41) is 4.57. The number of anilines is 1. The van der Waals surface area contributed by atoms with Crippen molar-refractivity contribution < 1.29 is 23.5 Å². The molecule has 0 aliphatic carbocycles. The molecule has 8 nitrogen and oxygen atoms in total. The standard InChI is InChI=1S/C26H22N2O6/c29-24(16-28-10-12-32-13-11-28)27-18-6-8-20-21-9-7-19(15-23(21)34-26(31)22(20)14-18)33-25(30)17-4-2-1-3-5-17/h1-9,14-15H,10-13,16H2,(H,27,29). The first-order chi connectivity index (χ1) is 16.6. The quantitative estimate of drug-likeness (QED) is 0.212. The van der Waals surface area contributed by atoms with E-state index >= 15 is 0 Å². The van der Waals surface area contributed by atoms with Gasteiger partial charge in [-0.2, -0.15) is 0 Å². The number of nitrogens with zero attached hydrogens (tertiary/aromatic N) is 1. The van der Waals surface area contributed by atoms with Crippen LogP contribution < -0.4 is 15.7 Å². The Hall–Kier alpha value is -4.01. The van der Waals surface area contributed by atoms with E-state index in [2.05, 4.69) is 5.32 Å². The maximum atomic E-state index is 12.7. The summed E-state index contributed by atoms with van der Waals surface area (Å²) in [4.78, 5) is 39.4. The Labute approximate surface area is 194 Å². The van der Waals surface area contributed by atoms with Crippen LogP contribution in [0, 0.1) is 0 Å². The summed E-state index contributed by atoms with van der Waals surface area (Å²) in [5.41, 5.74) is 0.704. The average molecular weight is 458 g/mol. The van der Waals surface area contributed by atoms with Crippen molar-refractivity contribution in [3.8, 4) is 5.75 Å². The second-order valence-electron chi connectivity index (χ2n) is 8.00. The Morgan fingerprint density at radius 1 is 0.912 bits per heavy atom. The second kappa shape index (κ2) is 9.46. The van der Waals surface area contributed by atoms with Gasteiger partial charge in [0.2, 0.25) is 5.91 Å². The topological polar surface area (TPSA) is 98.1 Å². The Balaban J connectivity index is 1.38. The number of morpholine rings is 1. The van der Waals surface area contributed by atoms with Gasteiger partial charge >= 0.3 is 11.6 Å². The molecule has 0 radical (unpaired) electrons. The number of hydrogen-bond donors (Lipinski definition) is 1. The monoisotopic (exact) mass is 458 g/mol. The lowest BCUT2D eigenvalue weighted by atomic mass is 10.1. The van der Waals surface area contributed by atoms with Crippen molar-refractivity contribution in [3.63, 3.8) is 0 Å². The molecule has 0 atom stereocenters. The van der Waals surface area contributed by atoms with E-state index < -0.39 is 11.6 Å². The number of rotatable bonds is 5. The van der Waals surface area contributed by atoms with E-state index in [4.69, 9.17) is 13.9 Å². The highest BCUT2D eigenvalue weighted by Gasteiger charge is 2.16. The Morgan fingerprint density at radius 2 is 1.68 bits per heavy atom. The summed E-state index contributed by atoms with van der Waals surface area (Å²) >= 11 is 0. The molecule has 1 amide bonds. The molecule has 2 heterocycles. The van der Waals surface area contributed by atoms with Crippen LogP contribution in [0.1, 0.15) is 10.4 Å². The van der Waals surface area contributed by atoms with Gasteiger partial charge in [0.05, 0.1) is 30.7 Å². The molecular formula is C26H22N2O6. The van der Waals surface area contributed by atoms with Crippen molar-refractivity contribution in [1.82, 2.24) is 4.90 Å². The Bertz CT molecular complexity index is 1420. The molecule has 1 aliphatic heterocycles. The van der Waals surface area contributed by atoms with E-state index in [0.29, 0.717) is 59.3 Å². The molecule has 0 bridgehead atoms. The number of hydrogen-bond acceptors (Lipinski definition) is 7. The zero-order valence-electron chi connectivity index (χ0n) is 18.3. The minimum Gasteiger partial charge on any atom is -0.423 e. The van der Waals surface area contributed by atoms with E-state index in [9.17, 15) is 14.4 Å². The SMILES string of the molecule is O=C(CN1CCOCC1)Nc1ccc2c(c1)c(=O)oc1cc(OC(=O)c3ccccc3)ccc12. The summed E-state index contributed by atoms with van der Waals surface area (Å²) in [6.45, 7) is 2.92. The second-order valence-corrected chi connectivity index (χ2v) is 8.00. The highest BCUT2D eigenvalue weighted by atomic mass is 16.5. The van der Waals surface area contributed by atoms with Crippen molar-refractivity contribution in [3.05, 3.63) is 82.7 Å². The maximum Gasteiger partial charge on any atom is 0.344 e. The van der Waals surface area contributed by atoms with Crippen LogP contribution >= 0.6 is 0 Å². The first-order valence-electron chi connectivity index (χ1n) is 10.9. The minimum absolute atomic E-state index is 0.156. The summed E-state index contributed by atoms with van der Waals surface area (Å²) in [6, 6.07) is 18.7. The van der Waals surface area contributed by atoms with Crippen LogP contribution in [-0.2, 0) is 9.53 Å². The van der Waals surface area contributed by atoms with Gasteiger partial charge in [0.1, 0.15) is 11.3 Å². The van der Waals surface area contributed by atoms with E-state index in [1.807, 2.05) is 11.0 Å². The highest BCUT2D eigenvalue weighted by molar-refractivity contribution is 6.06. The predicted molar refractivity (Wildman–Crippen MR) is 127 cm³/mol. The molecular weight excluding hydrogens is 436 g/mol. The molecule has 172 valence electrons. The van der Waals surface area contributed by atoms with Crippen LogP contribution in [0.4, 0.5) is 5.69 Å². The van der Waals surface area contributed by atoms with Gasteiger partial charge in [-0.25, -0.2) is 9.59 Å². The van der Waals surface area contributed by atoms with Crippen LogP contribution in [0.5, 0.6) is 5.75 Å². The molecule has 34 heavy (non-hydrogen) atoms. The summed E-state index contributed by atoms with van der Waals surface area (Å²) < 4.78 is 16.2. The van der Waals surface area contributed by atoms with Gasteiger partial charge < -0.3 is 19.2 Å².